The molecule has 0 spiro atoms. The lowest BCUT2D eigenvalue weighted by Crippen LogP contribution is -2.61. The molecule has 1 amide bonds. The molecule has 4 rings (SSSR count). The molecule has 1 aliphatic rings. The van der Waals surface area contributed by atoms with Crippen molar-refractivity contribution >= 4 is 6.09 Å². The number of aliphatic hydroxyl groups is 1. The Morgan fingerprint density at radius 2 is 1.19 bits per heavy atom. The molecule has 36 heavy (non-hydrogen) atoms. The van der Waals surface area contributed by atoms with Gasteiger partial charge in [0.1, 0.15) is 18.3 Å². The summed E-state index contributed by atoms with van der Waals surface area (Å²) >= 11 is 0. The summed E-state index contributed by atoms with van der Waals surface area (Å²) in [7, 11) is 0. The van der Waals surface area contributed by atoms with Crippen molar-refractivity contribution < 1.29 is 33.6 Å². The van der Waals surface area contributed by atoms with E-state index >= 15 is 0 Å². The van der Waals surface area contributed by atoms with Crippen molar-refractivity contribution in [3.05, 3.63) is 108 Å². The van der Waals surface area contributed by atoms with E-state index in [1.165, 1.54) is 0 Å². The lowest BCUT2D eigenvalue weighted by Gasteiger charge is -2.43. The average Bonchev–Trinajstić information content (AvgIpc) is 2.89. The molecule has 0 unspecified atom stereocenters. The molecule has 1 saturated heterocycles. The maximum Gasteiger partial charge on any atom is 0.404 e. The van der Waals surface area contributed by atoms with Gasteiger partial charge in [0.15, 0.2) is 12.4 Å². The fourth-order valence-electron chi connectivity index (χ4n) is 4.08. The van der Waals surface area contributed by atoms with Crippen LogP contribution < -0.4 is 5.73 Å². The lowest BCUT2D eigenvalue weighted by atomic mass is 9.98. The minimum Gasteiger partial charge on any atom is -0.441 e. The van der Waals surface area contributed by atoms with Gasteiger partial charge >= 0.3 is 6.09 Å². The largest absolute Gasteiger partial charge is 0.441 e. The number of carbonyl (C=O) groups is 1. The molecule has 0 aromatic heterocycles. The number of hydrogen-bond acceptors (Lipinski definition) is 7. The van der Waals surface area contributed by atoms with E-state index in [0.717, 1.165) is 16.7 Å². The van der Waals surface area contributed by atoms with Crippen LogP contribution in [0.1, 0.15) is 16.7 Å². The van der Waals surface area contributed by atoms with Crippen molar-refractivity contribution in [2.45, 2.75) is 50.5 Å². The molecular formula is C28H31NO7. The van der Waals surface area contributed by atoms with E-state index in [4.69, 9.17) is 29.4 Å². The summed E-state index contributed by atoms with van der Waals surface area (Å²) in [6, 6.07) is 28.7. The molecule has 3 aromatic carbocycles. The minimum atomic E-state index is -1.39. The van der Waals surface area contributed by atoms with Crippen LogP contribution in [0, 0.1) is 0 Å². The average molecular weight is 494 g/mol. The molecule has 1 fully saturated rings. The van der Waals surface area contributed by atoms with Gasteiger partial charge < -0.3 is 34.5 Å². The molecular weight excluding hydrogens is 462 g/mol. The molecule has 0 radical (unpaired) electrons. The molecule has 5 atom stereocenters. The molecule has 3 aromatic rings. The van der Waals surface area contributed by atoms with Crippen molar-refractivity contribution in [1.29, 1.82) is 0 Å². The summed E-state index contributed by atoms with van der Waals surface area (Å²) in [5.74, 6) is 0. The van der Waals surface area contributed by atoms with Crippen molar-refractivity contribution in [2.24, 2.45) is 5.73 Å². The van der Waals surface area contributed by atoms with Gasteiger partial charge in [0.2, 0.25) is 0 Å². The lowest BCUT2D eigenvalue weighted by molar-refractivity contribution is -0.307. The first-order valence-corrected chi connectivity index (χ1v) is 11.8. The van der Waals surface area contributed by atoms with Crippen LogP contribution >= 0.6 is 0 Å². The number of carbonyl (C=O) groups excluding carboxylic acids is 1. The third kappa shape index (κ3) is 7.36. The van der Waals surface area contributed by atoms with E-state index in [2.05, 4.69) is 0 Å². The monoisotopic (exact) mass is 493 g/mol. The van der Waals surface area contributed by atoms with Crippen molar-refractivity contribution in [1.82, 2.24) is 0 Å². The summed E-state index contributed by atoms with van der Waals surface area (Å²) in [6.45, 7) is 0.836. The maximum absolute atomic E-state index is 11.9. The third-order valence-corrected chi connectivity index (χ3v) is 5.83. The molecule has 0 bridgehead atoms. The summed E-state index contributed by atoms with van der Waals surface area (Å²) in [5, 5.41) is 10.8. The zero-order valence-electron chi connectivity index (χ0n) is 19.8. The predicted octanol–water partition coefficient (Wildman–Crippen LogP) is 3.56. The molecule has 0 saturated carbocycles. The number of amides is 1. The number of benzene rings is 3. The van der Waals surface area contributed by atoms with Gasteiger partial charge in [0, 0.05) is 0 Å². The van der Waals surface area contributed by atoms with Crippen molar-refractivity contribution in [3.8, 4) is 0 Å². The minimum absolute atomic E-state index is 0.0927. The fraction of sp³-hybridized carbons (Fsp3) is 0.321. The maximum atomic E-state index is 11.9. The van der Waals surface area contributed by atoms with Gasteiger partial charge in [-0.1, -0.05) is 91.0 Å². The van der Waals surface area contributed by atoms with E-state index in [1.54, 1.807) is 0 Å². The summed E-state index contributed by atoms with van der Waals surface area (Å²) in [6.07, 6.45) is -5.99. The number of aliphatic hydroxyl groups excluding tert-OH is 1. The normalized spacial score (nSPS) is 23.8. The second-order valence-corrected chi connectivity index (χ2v) is 8.49. The SMILES string of the molecule is NC(=O)O[C@@H]1[C@H](OCc2ccccc2)[C@@H](O)O[C@H](COCc2ccccc2)[C@H]1OCc1ccccc1. The van der Waals surface area contributed by atoms with Gasteiger partial charge in [0.05, 0.1) is 26.4 Å². The zero-order valence-corrected chi connectivity index (χ0v) is 19.8. The Kier molecular flexibility index (Phi) is 9.43. The number of primary amides is 1. The van der Waals surface area contributed by atoms with E-state index in [9.17, 15) is 9.90 Å². The van der Waals surface area contributed by atoms with Crippen LogP contribution in [0.3, 0.4) is 0 Å². The fourth-order valence-corrected chi connectivity index (χ4v) is 4.08. The molecule has 1 heterocycles. The van der Waals surface area contributed by atoms with Gasteiger partial charge in [-0.15, -0.1) is 0 Å². The number of ether oxygens (including phenoxy) is 5. The first-order chi connectivity index (χ1) is 17.6. The Bertz CT molecular complexity index is 1050. The summed E-state index contributed by atoms with van der Waals surface area (Å²) in [4.78, 5) is 11.9. The highest BCUT2D eigenvalue weighted by atomic mass is 16.7. The van der Waals surface area contributed by atoms with Crippen LogP contribution in [0.4, 0.5) is 4.79 Å². The second-order valence-electron chi connectivity index (χ2n) is 8.49. The smallest absolute Gasteiger partial charge is 0.404 e. The molecule has 8 nitrogen and oxygen atoms in total. The summed E-state index contributed by atoms with van der Waals surface area (Å²) < 4.78 is 29.4. The number of rotatable bonds is 11. The van der Waals surface area contributed by atoms with Gasteiger partial charge in [0.25, 0.3) is 0 Å². The Hall–Kier alpha value is -3.27. The molecule has 3 N–H and O–H groups in total. The molecule has 0 aliphatic carbocycles. The zero-order chi connectivity index (χ0) is 25.2. The topological polar surface area (TPSA) is 109 Å². The second kappa shape index (κ2) is 13.2. The van der Waals surface area contributed by atoms with Gasteiger partial charge in [-0.05, 0) is 16.7 Å². The van der Waals surface area contributed by atoms with Crippen molar-refractivity contribution in [2.75, 3.05) is 6.61 Å². The first kappa shape index (κ1) is 25.8. The number of hydrogen-bond donors (Lipinski definition) is 2. The van der Waals surface area contributed by atoms with E-state index in [0.29, 0.717) is 6.61 Å². The predicted molar refractivity (Wildman–Crippen MR) is 131 cm³/mol. The van der Waals surface area contributed by atoms with Crippen LogP contribution in [-0.4, -0.2) is 48.5 Å². The van der Waals surface area contributed by atoms with Crippen LogP contribution in [0.25, 0.3) is 0 Å². The van der Waals surface area contributed by atoms with Crippen molar-refractivity contribution in [3.63, 3.8) is 0 Å². The van der Waals surface area contributed by atoms with E-state index < -0.39 is 36.8 Å². The molecule has 8 heteroatoms. The van der Waals surface area contributed by atoms with Crippen LogP contribution in [0.15, 0.2) is 91.0 Å². The van der Waals surface area contributed by atoms with Gasteiger partial charge in [-0.25, -0.2) is 4.79 Å². The first-order valence-electron chi connectivity index (χ1n) is 11.8. The summed E-state index contributed by atoms with van der Waals surface area (Å²) in [5.41, 5.74) is 8.20. The molecule has 190 valence electrons. The highest BCUT2D eigenvalue weighted by Gasteiger charge is 2.49. The standard InChI is InChI=1S/C28H31NO7/c29-28(31)36-25-24(33-17-21-12-6-2-7-13-21)23(19-32-16-20-10-4-1-5-11-20)35-27(30)26(25)34-18-22-14-8-3-9-15-22/h1-15,23-27,30H,16-19H2,(H2,29,31)/t23-,24-,25+,26+,27+/m1/s1. The Balaban J connectivity index is 1.51. The Morgan fingerprint density at radius 1 is 0.722 bits per heavy atom. The van der Waals surface area contributed by atoms with Crippen LogP contribution in [0.5, 0.6) is 0 Å². The number of nitrogens with two attached hydrogens (primary N) is 1. The molecule has 1 aliphatic heterocycles. The van der Waals surface area contributed by atoms with E-state index in [-0.39, 0.29) is 19.8 Å². The van der Waals surface area contributed by atoms with Crippen LogP contribution in [-0.2, 0) is 43.5 Å². The van der Waals surface area contributed by atoms with Gasteiger partial charge in [-0.3, -0.25) is 0 Å². The quantitative estimate of drug-likeness (QED) is 0.420. The highest BCUT2D eigenvalue weighted by Crippen LogP contribution is 2.29. The third-order valence-electron chi connectivity index (χ3n) is 5.83. The van der Waals surface area contributed by atoms with E-state index in [1.807, 2.05) is 91.0 Å². The van der Waals surface area contributed by atoms with Gasteiger partial charge in [-0.2, -0.15) is 0 Å². The van der Waals surface area contributed by atoms with Crippen LogP contribution in [0.2, 0.25) is 0 Å². The Labute approximate surface area is 210 Å². The Morgan fingerprint density at radius 3 is 1.69 bits per heavy atom. The highest BCUT2D eigenvalue weighted by molar-refractivity contribution is 5.65.